The number of hydrogen-bond acceptors (Lipinski definition) is 4. The molecule has 0 aromatic heterocycles. The maximum atomic E-state index is 12.0. The molecular weight excluding hydrogens is 284 g/mol. The van der Waals surface area contributed by atoms with Crippen molar-refractivity contribution in [3.8, 4) is 11.5 Å². The fourth-order valence-corrected chi connectivity index (χ4v) is 2.06. The van der Waals surface area contributed by atoms with Crippen LogP contribution in [0.1, 0.15) is 26.3 Å². The van der Waals surface area contributed by atoms with Crippen LogP contribution >= 0.6 is 0 Å². The molecule has 1 N–H and O–H groups in total. The summed E-state index contributed by atoms with van der Waals surface area (Å²) in [6, 6.07) is 5.44. The minimum Gasteiger partial charge on any atom is -0.493 e. The number of carbonyl (C=O) groups excluding carboxylic acids is 2. The molecule has 0 unspecified atom stereocenters. The predicted molar refractivity (Wildman–Crippen MR) is 83.9 cm³/mol. The summed E-state index contributed by atoms with van der Waals surface area (Å²) in [6.45, 7) is 5.64. The molecule has 6 nitrogen and oxygen atoms in total. The zero-order chi connectivity index (χ0) is 16.7. The van der Waals surface area contributed by atoms with Crippen LogP contribution in [-0.2, 0) is 16.1 Å². The number of amides is 2. The van der Waals surface area contributed by atoms with Gasteiger partial charge in [0.2, 0.25) is 11.8 Å². The van der Waals surface area contributed by atoms with Gasteiger partial charge in [-0.1, -0.05) is 6.07 Å². The Labute approximate surface area is 131 Å². The SMILES string of the molecule is COc1ccc(CNC(=O)CN(C(C)=O)C(C)C)cc1OC. The molecule has 0 atom stereocenters. The fourth-order valence-electron chi connectivity index (χ4n) is 2.06. The van der Waals surface area contributed by atoms with Crippen LogP contribution in [0.5, 0.6) is 11.5 Å². The van der Waals surface area contributed by atoms with E-state index in [-0.39, 0.29) is 24.4 Å². The van der Waals surface area contributed by atoms with Gasteiger partial charge in [-0.2, -0.15) is 0 Å². The predicted octanol–water partition coefficient (Wildman–Crippen LogP) is 1.58. The molecule has 0 heterocycles. The first kappa shape index (κ1) is 17.8. The van der Waals surface area contributed by atoms with Crippen molar-refractivity contribution in [1.29, 1.82) is 0 Å². The van der Waals surface area contributed by atoms with Gasteiger partial charge in [0.15, 0.2) is 11.5 Å². The van der Waals surface area contributed by atoms with E-state index in [4.69, 9.17) is 9.47 Å². The molecule has 0 aliphatic carbocycles. The standard InChI is InChI=1S/C16H24N2O4/c1-11(2)18(12(3)19)10-16(20)17-9-13-6-7-14(21-4)15(8-13)22-5/h6-8,11H,9-10H2,1-5H3,(H,17,20). The van der Waals surface area contributed by atoms with E-state index >= 15 is 0 Å². The average Bonchev–Trinajstić information content (AvgIpc) is 2.49. The summed E-state index contributed by atoms with van der Waals surface area (Å²) in [5.41, 5.74) is 0.893. The van der Waals surface area contributed by atoms with Crippen LogP contribution in [0.2, 0.25) is 0 Å². The summed E-state index contributed by atoms with van der Waals surface area (Å²) in [4.78, 5) is 24.9. The molecule has 22 heavy (non-hydrogen) atoms. The van der Waals surface area contributed by atoms with Crippen LogP contribution in [0, 0.1) is 0 Å². The van der Waals surface area contributed by atoms with Crippen LogP contribution in [0.3, 0.4) is 0 Å². The third-order valence-corrected chi connectivity index (χ3v) is 3.28. The quantitative estimate of drug-likeness (QED) is 0.830. The van der Waals surface area contributed by atoms with E-state index in [0.29, 0.717) is 18.0 Å². The molecule has 122 valence electrons. The third-order valence-electron chi connectivity index (χ3n) is 3.28. The smallest absolute Gasteiger partial charge is 0.239 e. The van der Waals surface area contributed by atoms with Crippen LogP contribution in [0.15, 0.2) is 18.2 Å². The van der Waals surface area contributed by atoms with Crippen molar-refractivity contribution in [3.05, 3.63) is 23.8 Å². The highest BCUT2D eigenvalue weighted by molar-refractivity contribution is 5.83. The highest BCUT2D eigenvalue weighted by Gasteiger charge is 2.16. The Morgan fingerprint density at radius 2 is 1.82 bits per heavy atom. The number of nitrogens with one attached hydrogen (secondary N) is 1. The molecule has 2 amide bonds. The number of hydrogen-bond donors (Lipinski definition) is 1. The lowest BCUT2D eigenvalue weighted by Crippen LogP contribution is -2.43. The normalized spacial score (nSPS) is 10.3. The Morgan fingerprint density at radius 3 is 2.32 bits per heavy atom. The summed E-state index contributed by atoms with van der Waals surface area (Å²) in [5, 5.41) is 2.80. The average molecular weight is 308 g/mol. The van der Waals surface area contributed by atoms with Crippen LogP contribution in [-0.4, -0.2) is 43.5 Å². The lowest BCUT2D eigenvalue weighted by molar-refractivity contribution is -0.136. The van der Waals surface area contributed by atoms with Gasteiger partial charge >= 0.3 is 0 Å². The monoisotopic (exact) mass is 308 g/mol. The van der Waals surface area contributed by atoms with E-state index in [9.17, 15) is 9.59 Å². The van der Waals surface area contributed by atoms with E-state index in [2.05, 4.69) is 5.32 Å². The topological polar surface area (TPSA) is 67.9 Å². The number of rotatable bonds is 7. The first-order valence-electron chi connectivity index (χ1n) is 7.13. The van der Waals surface area contributed by atoms with Crippen molar-refractivity contribution in [2.75, 3.05) is 20.8 Å². The second kappa shape index (κ2) is 8.26. The van der Waals surface area contributed by atoms with Crippen LogP contribution in [0.25, 0.3) is 0 Å². The summed E-state index contributed by atoms with van der Waals surface area (Å²) in [6.07, 6.45) is 0. The lowest BCUT2D eigenvalue weighted by atomic mass is 10.2. The molecular formula is C16H24N2O4. The molecule has 1 aromatic rings. The Bertz CT molecular complexity index is 529. The van der Waals surface area contributed by atoms with Gasteiger partial charge < -0.3 is 19.7 Å². The van der Waals surface area contributed by atoms with Gasteiger partial charge in [0.25, 0.3) is 0 Å². The summed E-state index contributed by atoms with van der Waals surface area (Å²) >= 11 is 0. The zero-order valence-corrected chi connectivity index (χ0v) is 13.8. The first-order valence-corrected chi connectivity index (χ1v) is 7.13. The van der Waals surface area contributed by atoms with Crippen molar-refractivity contribution in [2.45, 2.75) is 33.4 Å². The number of benzene rings is 1. The molecule has 0 bridgehead atoms. The molecule has 0 spiro atoms. The van der Waals surface area contributed by atoms with Crippen molar-refractivity contribution >= 4 is 11.8 Å². The molecule has 0 saturated carbocycles. The van der Waals surface area contributed by atoms with Crippen LogP contribution < -0.4 is 14.8 Å². The number of methoxy groups -OCH3 is 2. The molecule has 0 fully saturated rings. The Hall–Kier alpha value is -2.24. The van der Waals surface area contributed by atoms with Gasteiger partial charge in [-0.15, -0.1) is 0 Å². The first-order chi connectivity index (χ1) is 10.4. The minimum atomic E-state index is -0.196. The van der Waals surface area contributed by atoms with E-state index in [1.807, 2.05) is 26.0 Å². The number of nitrogens with zero attached hydrogens (tertiary/aromatic N) is 1. The van der Waals surface area contributed by atoms with Gasteiger partial charge in [0, 0.05) is 19.5 Å². The van der Waals surface area contributed by atoms with Gasteiger partial charge in [-0.05, 0) is 31.5 Å². The molecule has 0 aliphatic rings. The molecule has 0 aliphatic heterocycles. The largest absolute Gasteiger partial charge is 0.493 e. The summed E-state index contributed by atoms with van der Waals surface area (Å²) in [5.74, 6) is 0.942. The highest BCUT2D eigenvalue weighted by Crippen LogP contribution is 2.27. The maximum Gasteiger partial charge on any atom is 0.239 e. The molecule has 0 radical (unpaired) electrons. The van der Waals surface area contributed by atoms with Crippen molar-refractivity contribution in [1.82, 2.24) is 10.2 Å². The Morgan fingerprint density at radius 1 is 1.18 bits per heavy atom. The summed E-state index contributed by atoms with van der Waals surface area (Å²) in [7, 11) is 3.13. The van der Waals surface area contributed by atoms with Crippen molar-refractivity contribution in [2.24, 2.45) is 0 Å². The third kappa shape index (κ3) is 4.95. The van der Waals surface area contributed by atoms with E-state index in [1.165, 1.54) is 11.8 Å². The van der Waals surface area contributed by atoms with Crippen molar-refractivity contribution < 1.29 is 19.1 Å². The van der Waals surface area contributed by atoms with Crippen molar-refractivity contribution in [3.63, 3.8) is 0 Å². The van der Waals surface area contributed by atoms with Gasteiger partial charge in [0.05, 0.1) is 20.8 Å². The number of ether oxygens (including phenoxy) is 2. The number of carbonyl (C=O) groups is 2. The second-order valence-corrected chi connectivity index (χ2v) is 5.21. The summed E-state index contributed by atoms with van der Waals surface area (Å²) < 4.78 is 10.4. The van der Waals surface area contributed by atoms with E-state index in [1.54, 1.807) is 20.3 Å². The minimum absolute atomic E-state index is 0.00988. The molecule has 6 heteroatoms. The van der Waals surface area contributed by atoms with Gasteiger partial charge in [-0.3, -0.25) is 9.59 Å². The van der Waals surface area contributed by atoms with E-state index < -0.39 is 0 Å². The molecule has 0 saturated heterocycles. The second-order valence-electron chi connectivity index (χ2n) is 5.21. The zero-order valence-electron chi connectivity index (χ0n) is 13.8. The molecule has 1 aromatic carbocycles. The molecule has 1 rings (SSSR count). The van der Waals surface area contributed by atoms with Crippen LogP contribution in [0.4, 0.5) is 0 Å². The van der Waals surface area contributed by atoms with Gasteiger partial charge in [-0.25, -0.2) is 0 Å². The highest BCUT2D eigenvalue weighted by atomic mass is 16.5. The lowest BCUT2D eigenvalue weighted by Gasteiger charge is -2.24. The van der Waals surface area contributed by atoms with Gasteiger partial charge in [0.1, 0.15) is 0 Å². The fraction of sp³-hybridized carbons (Fsp3) is 0.500. The Balaban J connectivity index is 2.62. The van der Waals surface area contributed by atoms with E-state index in [0.717, 1.165) is 5.56 Å². The maximum absolute atomic E-state index is 12.0. The Kier molecular flexibility index (Phi) is 6.69.